The van der Waals surface area contributed by atoms with Gasteiger partial charge in [0.05, 0.1) is 24.0 Å². The van der Waals surface area contributed by atoms with Crippen molar-refractivity contribution >= 4 is 29.1 Å². The summed E-state index contributed by atoms with van der Waals surface area (Å²) in [4.78, 5) is 34.0. The predicted octanol–water partition coefficient (Wildman–Crippen LogP) is 2.75. The molecule has 1 atom stereocenters. The van der Waals surface area contributed by atoms with Crippen LogP contribution in [-0.4, -0.2) is 47.6 Å². The zero-order chi connectivity index (χ0) is 23.4. The van der Waals surface area contributed by atoms with Crippen LogP contribution >= 0.6 is 0 Å². The number of aromatic nitrogens is 2. The molecule has 2 aliphatic rings. The SMILES string of the molecule is O=C1NCCC1C(=O)NCc1ccc(Nc2cnc(N3CCC(C(F)(F)F)CC3)nc2)cc1. The lowest BCUT2D eigenvalue weighted by Crippen LogP contribution is -2.39. The van der Waals surface area contributed by atoms with Crippen molar-refractivity contribution < 1.29 is 22.8 Å². The smallest absolute Gasteiger partial charge is 0.355 e. The molecule has 4 rings (SSSR count). The quantitative estimate of drug-likeness (QED) is 0.571. The molecular formula is C22H25F3N6O2. The van der Waals surface area contributed by atoms with Crippen LogP contribution in [0.2, 0.25) is 0 Å². The van der Waals surface area contributed by atoms with Gasteiger partial charge in [0.1, 0.15) is 5.92 Å². The molecule has 3 heterocycles. The maximum absolute atomic E-state index is 12.8. The summed E-state index contributed by atoms with van der Waals surface area (Å²) in [5.41, 5.74) is 2.33. The maximum atomic E-state index is 12.8. The molecule has 0 radical (unpaired) electrons. The summed E-state index contributed by atoms with van der Waals surface area (Å²) in [6.45, 7) is 1.41. The monoisotopic (exact) mass is 462 g/mol. The number of amides is 2. The van der Waals surface area contributed by atoms with E-state index in [2.05, 4.69) is 25.9 Å². The van der Waals surface area contributed by atoms with E-state index < -0.39 is 18.0 Å². The number of anilines is 3. The second kappa shape index (κ2) is 9.63. The first-order valence-corrected chi connectivity index (χ1v) is 10.8. The van der Waals surface area contributed by atoms with Gasteiger partial charge in [0.2, 0.25) is 17.8 Å². The van der Waals surface area contributed by atoms with Crippen molar-refractivity contribution in [1.82, 2.24) is 20.6 Å². The largest absolute Gasteiger partial charge is 0.391 e. The van der Waals surface area contributed by atoms with E-state index in [1.54, 1.807) is 17.3 Å². The van der Waals surface area contributed by atoms with Crippen LogP contribution in [0.1, 0.15) is 24.8 Å². The van der Waals surface area contributed by atoms with Gasteiger partial charge in [-0.25, -0.2) is 9.97 Å². The number of carbonyl (C=O) groups is 2. The van der Waals surface area contributed by atoms with Crippen molar-refractivity contribution in [2.24, 2.45) is 11.8 Å². The van der Waals surface area contributed by atoms with Crippen molar-refractivity contribution in [3.05, 3.63) is 42.2 Å². The fourth-order valence-electron chi connectivity index (χ4n) is 3.99. The third-order valence-electron chi connectivity index (χ3n) is 5.95. The Labute approximate surface area is 189 Å². The summed E-state index contributed by atoms with van der Waals surface area (Å²) >= 11 is 0. The van der Waals surface area contributed by atoms with E-state index in [1.165, 1.54) is 0 Å². The van der Waals surface area contributed by atoms with Crippen LogP contribution in [0, 0.1) is 11.8 Å². The molecule has 8 nitrogen and oxygen atoms in total. The highest BCUT2D eigenvalue weighted by Crippen LogP contribution is 2.34. The Morgan fingerprint density at radius 3 is 2.30 bits per heavy atom. The summed E-state index contributed by atoms with van der Waals surface area (Å²) < 4.78 is 38.5. The molecule has 0 aliphatic carbocycles. The Hall–Kier alpha value is -3.37. The van der Waals surface area contributed by atoms with Gasteiger partial charge in [-0.15, -0.1) is 0 Å². The van der Waals surface area contributed by atoms with Gasteiger partial charge in [-0.1, -0.05) is 12.1 Å². The Bertz CT molecular complexity index is 973. The van der Waals surface area contributed by atoms with Gasteiger partial charge in [0.15, 0.2) is 0 Å². The fraction of sp³-hybridized carbons (Fsp3) is 0.455. The highest BCUT2D eigenvalue weighted by molar-refractivity contribution is 6.01. The molecule has 0 saturated carbocycles. The Morgan fingerprint density at radius 2 is 1.73 bits per heavy atom. The topological polar surface area (TPSA) is 99.2 Å². The van der Waals surface area contributed by atoms with Crippen molar-refractivity contribution in [3.63, 3.8) is 0 Å². The summed E-state index contributed by atoms with van der Waals surface area (Å²) in [5.74, 6) is -1.96. The molecule has 2 aliphatic heterocycles. The normalized spacial score (nSPS) is 19.3. The standard InChI is InChI=1S/C22H25F3N6O2/c23-22(24,25)15-6-9-31(10-7-15)21-28-12-17(13-29-21)30-16-3-1-14(2-4-16)11-27-20(33)18-5-8-26-19(18)32/h1-4,12-13,15,18,30H,5-11H2,(H,26,32)(H,27,33). The molecule has 176 valence electrons. The van der Waals surface area contributed by atoms with E-state index in [-0.39, 0.29) is 37.7 Å². The van der Waals surface area contributed by atoms with Gasteiger partial charge in [-0.3, -0.25) is 9.59 Å². The maximum Gasteiger partial charge on any atom is 0.391 e. The van der Waals surface area contributed by atoms with E-state index in [0.29, 0.717) is 31.1 Å². The van der Waals surface area contributed by atoms with Gasteiger partial charge in [-0.05, 0) is 37.0 Å². The highest BCUT2D eigenvalue weighted by atomic mass is 19.4. The lowest BCUT2D eigenvalue weighted by Gasteiger charge is -2.32. The Morgan fingerprint density at radius 1 is 1.06 bits per heavy atom. The number of hydrogen-bond acceptors (Lipinski definition) is 6. The molecule has 2 amide bonds. The van der Waals surface area contributed by atoms with E-state index in [9.17, 15) is 22.8 Å². The second-order valence-corrected chi connectivity index (χ2v) is 8.25. The molecule has 0 spiro atoms. The number of benzene rings is 1. The van der Waals surface area contributed by atoms with E-state index >= 15 is 0 Å². The van der Waals surface area contributed by atoms with E-state index in [4.69, 9.17) is 0 Å². The van der Waals surface area contributed by atoms with Crippen LogP contribution < -0.4 is 20.9 Å². The minimum Gasteiger partial charge on any atom is -0.355 e. The number of piperidine rings is 1. The van der Waals surface area contributed by atoms with Gasteiger partial charge in [0, 0.05) is 31.9 Å². The molecule has 2 saturated heterocycles. The molecule has 2 aromatic rings. The lowest BCUT2D eigenvalue weighted by molar-refractivity contribution is -0.179. The molecule has 2 fully saturated rings. The van der Waals surface area contributed by atoms with E-state index in [1.807, 2.05) is 24.3 Å². The Kier molecular flexibility index (Phi) is 6.66. The average Bonchev–Trinajstić information content (AvgIpc) is 3.24. The first-order chi connectivity index (χ1) is 15.8. The molecule has 1 aromatic carbocycles. The van der Waals surface area contributed by atoms with Crippen molar-refractivity contribution in [2.75, 3.05) is 29.9 Å². The molecule has 1 aromatic heterocycles. The summed E-state index contributed by atoms with van der Waals surface area (Å²) in [6.07, 6.45) is -0.340. The molecule has 3 N–H and O–H groups in total. The van der Waals surface area contributed by atoms with E-state index in [0.717, 1.165) is 11.3 Å². The predicted molar refractivity (Wildman–Crippen MR) is 116 cm³/mol. The number of hydrogen-bond donors (Lipinski definition) is 3. The van der Waals surface area contributed by atoms with Gasteiger partial charge >= 0.3 is 6.18 Å². The van der Waals surface area contributed by atoms with Crippen LogP contribution in [0.25, 0.3) is 0 Å². The number of carbonyl (C=O) groups excluding carboxylic acids is 2. The number of nitrogens with zero attached hydrogens (tertiary/aromatic N) is 3. The second-order valence-electron chi connectivity index (χ2n) is 8.25. The average molecular weight is 462 g/mol. The van der Waals surface area contributed by atoms with Gasteiger partial charge < -0.3 is 20.9 Å². The first-order valence-electron chi connectivity index (χ1n) is 10.8. The molecule has 1 unspecified atom stereocenters. The number of alkyl halides is 3. The lowest BCUT2D eigenvalue weighted by atomic mass is 9.96. The van der Waals surface area contributed by atoms with Crippen LogP contribution in [0.15, 0.2) is 36.7 Å². The molecule has 33 heavy (non-hydrogen) atoms. The zero-order valence-corrected chi connectivity index (χ0v) is 17.9. The zero-order valence-electron chi connectivity index (χ0n) is 17.9. The number of rotatable bonds is 6. The van der Waals surface area contributed by atoms with Crippen LogP contribution in [0.5, 0.6) is 0 Å². The fourth-order valence-corrected chi connectivity index (χ4v) is 3.99. The summed E-state index contributed by atoms with van der Waals surface area (Å²) in [5, 5.41) is 8.60. The minimum absolute atomic E-state index is 0.0491. The molecular weight excluding hydrogens is 437 g/mol. The third-order valence-corrected chi connectivity index (χ3v) is 5.95. The van der Waals surface area contributed by atoms with Crippen LogP contribution in [0.3, 0.4) is 0 Å². The van der Waals surface area contributed by atoms with Crippen LogP contribution in [0.4, 0.5) is 30.5 Å². The summed E-state index contributed by atoms with van der Waals surface area (Å²) in [6, 6.07) is 7.41. The number of halogens is 3. The third kappa shape index (κ3) is 5.71. The minimum atomic E-state index is -4.14. The molecule has 0 bridgehead atoms. The number of nitrogens with one attached hydrogen (secondary N) is 3. The van der Waals surface area contributed by atoms with Gasteiger partial charge in [0.25, 0.3) is 0 Å². The molecule has 11 heteroatoms. The Balaban J connectivity index is 1.26. The van der Waals surface area contributed by atoms with Crippen molar-refractivity contribution in [3.8, 4) is 0 Å². The highest BCUT2D eigenvalue weighted by Gasteiger charge is 2.41. The first kappa shape index (κ1) is 22.8. The summed E-state index contributed by atoms with van der Waals surface area (Å²) in [7, 11) is 0. The van der Waals surface area contributed by atoms with Crippen molar-refractivity contribution in [2.45, 2.75) is 32.0 Å². The van der Waals surface area contributed by atoms with Crippen molar-refractivity contribution in [1.29, 1.82) is 0 Å². The van der Waals surface area contributed by atoms with Crippen LogP contribution in [-0.2, 0) is 16.1 Å². The van der Waals surface area contributed by atoms with Gasteiger partial charge in [-0.2, -0.15) is 13.2 Å².